The van der Waals surface area contributed by atoms with Crippen LogP contribution in [-0.2, 0) is 9.09 Å². The second-order valence-electron chi connectivity index (χ2n) is 0.937. The van der Waals surface area contributed by atoms with Crippen molar-refractivity contribution in [2.75, 3.05) is 11.9 Å². The van der Waals surface area contributed by atoms with Gasteiger partial charge in [0.25, 0.3) is 0 Å². The van der Waals surface area contributed by atoms with Crippen molar-refractivity contribution in [2.45, 2.75) is 0 Å². The number of hydrogen-bond donors (Lipinski definition) is 0. The highest BCUT2D eigenvalue weighted by molar-refractivity contribution is 9.09. The van der Waals surface area contributed by atoms with E-state index in [4.69, 9.17) is 22.5 Å². The van der Waals surface area contributed by atoms with E-state index in [1.165, 1.54) is 0 Å². The molecule has 0 atom stereocenters. The van der Waals surface area contributed by atoms with Crippen molar-refractivity contribution in [1.82, 2.24) is 0 Å². The van der Waals surface area contributed by atoms with Crippen molar-refractivity contribution in [3.63, 3.8) is 0 Å². The summed E-state index contributed by atoms with van der Waals surface area (Å²) in [6.45, 7) is 0.268. The van der Waals surface area contributed by atoms with E-state index in [0.717, 1.165) is 0 Å². The first-order valence-corrected chi connectivity index (χ1v) is 6.32. The molecular weight excluding hydrogens is 238 g/mol. The van der Waals surface area contributed by atoms with Gasteiger partial charge in [-0.05, 0) is 22.5 Å². The zero-order chi connectivity index (χ0) is 6.62. The van der Waals surface area contributed by atoms with E-state index in [1.54, 1.807) is 0 Å². The maximum absolute atomic E-state index is 10.3. The first-order chi connectivity index (χ1) is 3.56. The smallest absolute Gasteiger partial charge is 0.305 e. The van der Waals surface area contributed by atoms with Gasteiger partial charge in [0, 0.05) is 5.33 Å². The molecule has 0 aromatic rings. The molecule has 0 spiro atoms. The van der Waals surface area contributed by atoms with Gasteiger partial charge in [-0.1, -0.05) is 15.9 Å². The Balaban J connectivity index is 3.26. The molecule has 8 heavy (non-hydrogen) atoms. The zero-order valence-electron chi connectivity index (χ0n) is 3.81. The Bertz CT molecular complexity index is 102. The summed E-state index contributed by atoms with van der Waals surface area (Å²) in [4.78, 5) is 0. The van der Waals surface area contributed by atoms with E-state index in [2.05, 4.69) is 20.5 Å². The van der Waals surface area contributed by atoms with Crippen molar-refractivity contribution < 1.29 is 9.09 Å². The van der Waals surface area contributed by atoms with E-state index >= 15 is 0 Å². The zero-order valence-corrected chi connectivity index (χ0v) is 7.80. The Hall–Kier alpha value is 1.25. The maximum Gasteiger partial charge on any atom is 0.380 e. The second-order valence-corrected chi connectivity index (χ2v) is 6.01. The Morgan fingerprint density at radius 1 is 1.62 bits per heavy atom. The summed E-state index contributed by atoms with van der Waals surface area (Å²) in [6.07, 6.45) is -3.27. The lowest BCUT2D eigenvalue weighted by Crippen LogP contribution is -1.85. The highest BCUT2D eigenvalue weighted by atomic mass is 79.9. The van der Waals surface area contributed by atoms with Crippen LogP contribution in [0.25, 0.3) is 0 Å². The lowest BCUT2D eigenvalue weighted by molar-refractivity contribution is 0.360. The molecule has 0 fully saturated rings. The van der Waals surface area contributed by atoms with Crippen LogP contribution < -0.4 is 0 Å². The molecule has 0 aromatic heterocycles. The van der Waals surface area contributed by atoms with Gasteiger partial charge in [-0.25, -0.2) is 0 Å². The molecule has 0 saturated carbocycles. The standard InChI is InChI=1S/C2H4BrCl2O2P/c3-1-2-7-8(4,5)6/h1-2H2. The third-order valence-corrected chi connectivity index (χ3v) is 1.71. The second kappa shape index (κ2) is 4.13. The van der Waals surface area contributed by atoms with Crippen LogP contribution in [-0.4, -0.2) is 11.9 Å². The molecule has 2 nitrogen and oxygen atoms in total. The molecule has 50 valence electrons. The van der Waals surface area contributed by atoms with E-state index in [9.17, 15) is 4.57 Å². The van der Waals surface area contributed by atoms with Gasteiger partial charge in [-0.15, -0.1) is 0 Å². The Kier molecular flexibility index (Phi) is 4.77. The van der Waals surface area contributed by atoms with Crippen LogP contribution in [0, 0.1) is 0 Å². The summed E-state index contributed by atoms with van der Waals surface area (Å²) in [5, 5.41) is 0.580. The summed E-state index contributed by atoms with van der Waals surface area (Å²) >= 11 is 13.0. The molecule has 0 amide bonds. The highest BCUT2D eigenvalue weighted by Crippen LogP contribution is 2.57. The third kappa shape index (κ3) is 7.25. The van der Waals surface area contributed by atoms with Gasteiger partial charge in [0.15, 0.2) is 0 Å². The summed E-state index contributed by atoms with van der Waals surface area (Å²) in [5.74, 6) is 0. The average Bonchev–Trinajstić information content (AvgIpc) is 1.59. The summed E-state index contributed by atoms with van der Waals surface area (Å²) in [7, 11) is 0. The van der Waals surface area contributed by atoms with Gasteiger partial charge in [0.1, 0.15) is 0 Å². The van der Waals surface area contributed by atoms with E-state index in [0.29, 0.717) is 5.33 Å². The molecular formula is C2H4BrCl2O2P. The van der Waals surface area contributed by atoms with Crippen LogP contribution >= 0.6 is 44.5 Å². The lowest BCUT2D eigenvalue weighted by Gasteiger charge is -1.98. The van der Waals surface area contributed by atoms with Crippen molar-refractivity contribution >= 4 is 44.5 Å². The largest absolute Gasteiger partial charge is 0.380 e. The summed E-state index contributed by atoms with van der Waals surface area (Å²) < 4.78 is 14.7. The fourth-order valence-corrected chi connectivity index (χ4v) is 1.27. The van der Waals surface area contributed by atoms with Crippen LogP contribution in [0.4, 0.5) is 0 Å². The normalized spacial score (nSPS) is 11.9. The van der Waals surface area contributed by atoms with Gasteiger partial charge < -0.3 is 4.52 Å². The molecule has 0 bridgehead atoms. The Morgan fingerprint density at radius 2 is 2.12 bits per heavy atom. The molecule has 0 aromatic carbocycles. The fraction of sp³-hybridized carbons (Fsp3) is 1.00. The van der Waals surface area contributed by atoms with Crippen molar-refractivity contribution in [3.05, 3.63) is 0 Å². The van der Waals surface area contributed by atoms with E-state index in [-0.39, 0.29) is 6.61 Å². The predicted octanol–water partition coefficient (Wildman–Crippen LogP) is 2.98. The molecule has 6 heteroatoms. The molecule has 0 aliphatic carbocycles. The first kappa shape index (κ1) is 9.25. The summed E-state index contributed by atoms with van der Waals surface area (Å²) in [6, 6.07) is 0. The number of alkyl halides is 1. The van der Waals surface area contributed by atoms with Crippen LogP contribution in [0.2, 0.25) is 0 Å². The van der Waals surface area contributed by atoms with Gasteiger partial charge in [0.05, 0.1) is 6.61 Å². The molecule has 0 rings (SSSR count). The lowest BCUT2D eigenvalue weighted by atomic mass is 10.9. The van der Waals surface area contributed by atoms with Crippen LogP contribution in [0.15, 0.2) is 0 Å². The van der Waals surface area contributed by atoms with E-state index in [1.807, 2.05) is 0 Å². The molecule has 0 aliphatic rings. The van der Waals surface area contributed by atoms with Gasteiger partial charge in [-0.3, -0.25) is 4.57 Å². The topological polar surface area (TPSA) is 26.3 Å². The first-order valence-electron chi connectivity index (χ1n) is 1.76. The minimum absolute atomic E-state index is 0.268. The molecule has 0 unspecified atom stereocenters. The van der Waals surface area contributed by atoms with Crippen LogP contribution in [0.1, 0.15) is 0 Å². The van der Waals surface area contributed by atoms with Gasteiger partial charge in [-0.2, -0.15) is 0 Å². The van der Waals surface area contributed by atoms with Gasteiger partial charge >= 0.3 is 6.07 Å². The molecule has 0 heterocycles. The number of hydrogen-bond acceptors (Lipinski definition) is 2. The Labute approximate surface area is 65.7 Å². The summed E-state index contributed by atoms with van der Waals surface area (Å²) in [5.41, 5.74) is 0. The molecule has 0 saturated heterocycles. The molecule has 0 aliphatic heterocycles. The third-order valence-electron chi connectivity index (χ3n) is 0.319. The highest BCUT2D eigenvalue weighted by Gasteiger charge is 2.12. The maximum atomic E-state index is 10.3. The van der Waals surface area contributed by atoms with Crippen molar-refractivity contribution in [3.8, 4) is 0 Å². The monoisotopic (exact) mass is 240 g/mol. The number of rotatable bonds is 3. The van der Waals surface area contributed by atoms with Crippen molar-refractivity contribution in [1.29, 1.82) is 0 Å². The van der Waals surface area contributed by atoms with Crippen LogP contribution in [0.5, 0.6) is 0 Å². The SMILES string of the molecule is O=P(Cl)(Cl)OCCBr. The van der Waals surface area contributed by atoms with Gasteiger partial charge in [0.2, 0.25) is 0 Å². The average molecular weight is 242 g/mol. The van der Waals surface area contributed by atoms with Crippen molar-refractivity contribution in [2.24, 2.45) is 0 Å². The minimum Gasteiger partial charge on any atom is -0.305 e. The Morgan fingerprint density at radius 3 is 2.25 bits per heavy atom. The quantitative estimate of drug-likeness (QED) is 0.561. The van der Waals surface area contributed by atoms with E-state index < -0.39 is 6.07 Å². The minimum atomic E-state index is -3.27. The number of halogens is 3. The predicted molar refractivity (Wildman–Crippen MR) is 39.1 cm³/mol. The fourth-order valence-electron chi connectivity index (χ4n) is 0.141. The molecule has 0 radical (unpaired) electrons. The van der Waals surface area contributed by atoms with Crippen LogP contribution in [0.3, 0.4) is 0 Å². The molecule has 0 N–H and O–H groups in total.